The van der Waals surface area contributed by atoms with Gasteiger partial charge in [-0.1, -0.05) is 23.7 Å². The lowest BCUT2D eigenvalue weighted by atomic mass is 9.86. The maximum atomic E-state index is 11.4. The summed E-state index contributed by atoms with van der Waals surface area (Å²) in [6.45, 7) is 0. The van der Waals surface area contributed by atoms with E-state index in [1.807, 2.05) is 24.3 Å². The summed E-state index contributed by atoms with van der Waals surface area (Å²) < 4.78 is 4.78. The van der Waals surface area contributed by atoms with Crippen LogP contribution < -0.4 is 5.32 Å². The van der Waals surface area contributed by atoms with Crippen LogP contribution >= 0.6 is 11.6 Å². The zero-order valence-corrected chi connectivity index (χ0v) is 11.2. The maximum Gasteiger partial charge on any atom is 0.308 e. The van der Waals surface area contributed by atoms with Crippen LogP contribution in [-0.4, -0.2) is 19.1 Å². The topological polar surface area (TPSA) is 38.3 Å². The Labute approximate surface area is 112 Å². The van der Waals surface area contributed by atoms with Crippen LogP contribution in [-0.2, 0) is 9.53 Å². The average molecular weight is 268 g/mol. The molecule has 4 heteroatoms. The lowest BCUT2D eigenvalue weighted by Gasteiger charge is -2.28. The van der Waals surface area contributed by atoms with Gasteiger partial charge < -0.3 is 10.1 Å². The molecule has 0 aromatic heterocycles. The molecule has 18 heavy (non-hydrogen) atoms. The van der Waals surface area contributed by atoms with Crippen LogP contribution in [0.5, 0.6) is 0 Å². The maximum absolute atomic E-state index is 11.4. The molecule has 0 unspecified atom stereocenters. The molecule has 0 bridgehead atoms. The van der Waals surface area contributed by atoms with Gasteiger partial charge in [0.25, 0.3) is 0 Å². The molecular weight excluding hydrogens is 250 g/mol. The van der Waals surface area contributed by atoms with Gasteiger partial charge in [-0.05, 0) is 37.8 Å². The minimum atomic E-state index is -0.0776. The van der Waals surface area contributed by atoms with Crippen LogP contribution in [0.4, 0.5) is 5.69 Å². The van der Waals surface area contributed by atoms with Gasteiger partial charge in [0.1, 0.15) is 0 Å². The van der Waals surface area contributed by atoms with E-state index in [1.165, 1.54) is 7.11 Å². The first-order chi connectivity index (χ1) is 8.70. The third-order valence-corrected chi connectivity index (χ3v) is 3.82. The molecule has 1 saturated carbocycles. The fourth-order valence-corrected chi connectivity index (χ4v) is 2.63. The fraction of sp³-hybridized carbons (Fsp3) is 0.500. The number of carbonyl (C=O) groups is 1. The quantitative estimate of drug-likeness (QED) is 0.852. The Morgan fingerprint density at radius 1 is 1.28 bits per heavy atom. The molecule has 0 amide bonds. The van der Waals surface area contributed by atoms with Crippen molar-refractivity contribution < 1.29 is 9.53 Å². The number of ether oxygens (including phenoxy) is 1. The Bertz CT molecular complexity index is 414. The molecule has 2 rings (SSSR count). The van der Waals surface area contributed by atoms with Crippen molar-refractivity contribution in [3.05, 3.63) is 29.3 Å². The first-order valence-electron chi connectivity index (χ1n) is 6.29. The van der Waals surface area contributed by atoms with Crippen LogP contribution in [0.25, 0.3) is 0 Å². The number of methoxy groups -OCH3 is 1. The number of benzene rings is 1. The number of anilines is 1. The second-order valence-corrected chi connectivity index (χ2v) is 5.10. The first-order valence-corrected chi connectivity index (χ1v) is 6.67. The van der Waals surface area contributed by atoms with Crippen molar-refractivity contribution in [2.75, 3.05) is 12.4 Å². The molecule has 1 aromatic carbocycles. The van der Waals surface area contributed by atoms with E-state index in [1.54, 1.807) is 0 Å². The van der Waals surface area contributed by atoms with Gasteiger partial charge >= 0.3 is 5.97 Å². The first kappa shape index (κ1) is 13.2. The van der Waals surface area contributed by atoms with E-state index >= 15 is 0 Å². The van der Waals surface area contributed by atoms with E-state index in [0.717, 1.165) is 36.4 Å². The predicted octanol–water partition coefficient (Wildman–Crippen LogP) is 3.48. The molecule has 1 aromatic rings. The van der Waals surface area contributed by atoms with E-state index in [0.29, 0.717) is 6.04 Å². The summed E-state index contributed by atoms with van der Waals surface area (Å²) in [6.07, 6.45) is 3.72. The third kappa shape index (κ3) is 3.16. The zero-order valence-electron chi connectivity index (χ0n) is 10.5. The molecular formula is C14H18ClNO2. The average Bonchev–Trinajstić information content (AvgIpc) is 2.41. The number of para-hydroxylation sites is 1. The standard InChI is InChI=1S/C14H18ClNO2/c1-18-14(17)10-6-8-11(9-7-10)16-13-5-3-2-4-12(13)15/h2-5,10-11,16H,6-9H2,1H3. The van der Waals surface area contributed by atoms with Gasteiger partial charge in [-0.2, -0.15) is 0 Å². The summed E-state index contributed by atoms with van der Waals surface area (Å²) in [7, 11) is 1.45. The fourth-order valence-electron chi connectivity index (χ4n) is 2.44. The SMILES string of the molecule is COC(=O)C1CCC(Nc2ccccc2Cl)CC1. The lowest BCUT2D eigenvalue weighted by molar-refractivity contribution is -0.146. The monoisotopic (exact) mass is 267 g/mol. The van der Waals surface area contributed by atoms with E-state index in [2.05, 4.69) is 5.32 Å². The molecule has 0 spiro atoms. The van der Waals surface area contributed by atoms with Crippen molar-refractivity contribution in [2.45, 2.75) is 31.7 Å². The highest BCUT2D eigenvalue weighted by atomic mass is 35.5. The molecule has 3 nitrogen and oxygen atoms in total. The van der Waals surface area contributed by atoms with Crippen molar-refractivity contribution in [3.63, 3.8) is 0 Å². The second kappa shape index (κ2) is 6.10. The lowest BCUT2D eigenvalue weighted by Crippen LogP contribution is -2.29. The number of halogens is 1. The minimum absolute atomic E-state index is 0.0688. The summed E-state index contributed by atoms with van der Waals surface area (Å²) in [4.78, 5) is 11.4. The summed E-state index contributed by atoms with van der Waals surface area (Å²) >= 11 is 6.11. The van der Waals surface area contributed by atoms with E-state index in [9.17, 15) is 4.79 Å². The Morgan fingerprint density at radius 2 is 1.94 bits per heavy atom. The molecule has 0 aliphatic heterocycles. The molecule has 1 N–H and O–H groups in total. The number of hydrogen-bond donors (Lipinski definition) is 1. The Morgan fingerprint density at radius 3 is 2.56 bits per heavy atom. The van der Waals surface area contributed by atoms with Crippen molar-refractivity contribution in [1.82, 2.24) is 0 Å². The van der Waals surface area contributed by atoms with Gasteiger partial charge in [0.2, 0.25) is 0 Å². The third-order valence-electron chi connectivity index (χ3n) is 3.50. The number of hydrogen-bond acceptors (Lipinski definition) is 3. The summed E-state index contributed by atoms with van der Waals surface area (Å²) in [5.74, 6) is -0.00881. The molecule has 98 valence electrons. The van der Waals surface area contributed by atoms with Crippen molar-refractivity contribution in [2.24, 2.45) is 5.92 Å². The smallest absolute Gasteiger partial charge is 0.308 e. The normalized spacial score (nSPS) is 23.4. The van der Waals surface area contributed by atoms with Gasteiger partial charge in [-0.3, -0.25) is 4.79 Å². The van der Waals surface area contributed by atoms with Crippen molar-refractivity contribution in [1.29, 1.82) is 0 Å². The molecule has 1 aliphatic carbocycles. The molecule has 0 atom stereocenters. The Kier molecular flexibility index (Phi) is 4.48. The van der Waals surface area contributed by atoms with Crippen LogP contribution in [0.3, 0.4) is 0 Å². The highest BCUT2D eigenvalue weighted by molar-refractivity contribution is 6.33. The van der Waals surface area contributed by atoms with Crippen molar-refractivity contribution in [3.8, 4) is 0 Å². The zero-order chi connectivity index (χ0) is 13.0. The molecule has 1 aliphatic rings. The summed E-state index contributed by atoms with van der Waals surface area (Å²) in [5, 5.41) is 4.19. The second-order valence-electron chi connectivity index (χ2n) is 4.70. The highest BCUT2D eigenvalue weighted by Gasteiger charge is 2.26. The number of carbonyl (C=O) groups excluding carboxylic acids is 1. The van der Waals surface area contributed by atoms with Crippen LogP contribution in [0, 0.1) is 5.92 Å². The Balaban J connectivity index is 1.87. The van der Waals surface area contributed by atoms with Crippen LogP contribution in [0.15, 0.2) is 24.3 Å². The largest absolute Gasteiger partial charge is 0.469 e. The van der Waals surface area contributed by atoms with Gasteiger partial charge in [0.15, 0.2) is 0 Å². The summed E-state index contributed by atoms with van der Waals surface area (Å²) in [5.41, 5.74) is 0.973. The van der Waals surface area contributed by atoms with E-state index in [4.69, 9.17) is 16.3 Å². The minimum Gasteiger partial charge on any atom is -0.469 e. The van der Waals surface area contributed by atoms with E-state index < -0.39 is 0 Å². The summed E-state index contributed by atoms with van der Waals surface area (Å²) in [6, 6.07) is 8.14. The number of esters is 1. The molecule has 0 heterocycles. The molecule has 1 fully saturated rings. The molecule has 0 saturated heterocycles. The van der Waals surface area contributed by atoms with Crippen LogP contribution in [0.1, 0.15) is 25.7 Å². The number of nitrogens with one attached hydrogen (secondary N) is 1. The van der Waals surface area contributed by atoms with Gasteiger partial charge in [-0.15, -0.1) is 0 Å². The molecule has 0 radical (unpaired) electrons. The highest BCUT2D eigenvalue weighted by Crippen LogP contribution is 2.29. The Hall–Kier alpha value is -1.22. The van der Waals surface area contributed by atoms with E-state index in [-0.39, 0.29) is 11.9 Å². The van der Waals surface area contributed by atoms with Gasteiger partial charge in [0, 0.05) is 6.04 Å². The predicted molar refractivity (Wildman–Crippen MR) is 72.8 cm³/mol. The van der Waals surface area contributed by atoms with Crippen molar-refractivity contribution >= 4 is 23.3 Å². The van der Waals surface area contributed by atoms with Gasteiger partial charge in [-0.25, -0.2) is 0 Å². The van der Waals surface area contributed by atoms with Gasteiger partial charge in [0.05, 0.1) is 23.7 Å². The van der Waals surface area contributed by atoms with Crippen LogP contribution in [0.2, 0.25) is 5.02 Å². The number of rotatable bonds is 3.